The third-order valence-corrected chi connectivity index (χ3v) is 4.18. The molecule has 2 rings (SSSR count). The number of halogens is 2. The van der Waals surface area contributed by atoms with Crippen LogP contribution in [0.4, 0.5) is 0 Å². The van der Waals surface area contributed by atoms with Crippen LogP contribution in [0.5, 0.6) is 11.5 Å². The van der Waals surface area contributed by atoms with Crippen molar-refractivity contribution in [1.82, 2.24) is 0 Å². The Balaban J connectivity index is 2.40. The summed E-state index contributed by atoms with van der Waals surface area (Å²) in [4.78, 5) is 0. The average Bonchev–Trinajstić information content (AvgIpc) is 2.52. The minimum absolute atomic E-state index is 0.0748. The Labute approximate surface area is 140 Å². The zero-order valence-corrected chi connectivity index (χ0v) is 14.1. The van der Waals surface area contributed by atoms with Gasteiger partial charge in [-0.15, -0.1) is 0 Å². The Bertz CT molecular complexity index is 647. The maximum absolute atomic E-state index is 6.29. The number of hydrogen-bond acceptors (Lipinski definition) is 3. The van der Waals surface area contributed by atoms with Crippen LogP contribution < -0.4 is 15.2 Å². The maximum atomic E-state index is 6.29. The molecular weight excluding hydrogens is 321 g/mol. The second kappa shape index (κ2) is 7.73. The van der Waals surface area contributed by atoms with Crippen LogP contribution in [0, 0.1) is 0 Å². The first-order chi connectivity index (χ1) is 10.6. The van der Waals surface area contributed by atoms with Crippen LogP contribution in [0.25, 0.3) is 0 Å². The SMILES string of the molecule is COc1cc(Cl)cc(CC(CN)c2ccccc2Cl)c1OC. The largest absolute Gasteiger partial charge is 0.493 e. The summed E-state index contributed by atoms with van der Waals surface area (Å²) in [5.74, 6) is 1.36. The zero-order chi connectivity index (χ0) is 16.1. The molecule has 5 heteroatoms. The molecule has 0 aliphatic carbocycles. The van der Waals surface area contributed by atoms with E-state index in [2.05, 4.69) is 0 Å². The van der Waals surface area contributed by atoms with E-state index in [1.165, 1.54) is 0 Å². The van der Waals surface area contributed by atoms with Gasteiger partial charge in [-0.1, -0.05) is 41.4 Å². The molecule has 2 aromatic carbocycles. The fraction of sp³-hybridized carbons (Fsp3) is 0.294. The quantitative estimate of drug-likeness (QED) is 0.853. The van der Waals surface area contributed by atoms with Crippen molar-refractivity contribution in [2.45, 2.75) is 12.3 Å². The zero-order valence-electron chi connectivity index (χ0n) is 12.6. The van der Waals surface area contributed by atoms with Crippen LogP contribution in [0.15, 0.2) is 36.4 Å². The van der Waals surface area contributed by atoms with Crippen molar-refractivity contribution in [3.05, 3.63) is 57.6 Å². The van der Waals surface area contributed by atoms with Crippen LogP contribution in [0.2, 0.25) is 10.0 Å². The Morgan fingerprint density at radius 3 is 2.41 bits per heavy atom. The molecule has 0 spiro atoms. The van der Waals surface area contributed by atoms with Crippen molar-refractivity contribution in [1.29, 1.82) is 0 Å². The summed E-state index contributed by atoms with van der Waals surface area (Å²) >= 11 is 12.5. The molecule has 0 saturated carbocycles. The van der Waals surface area contributed by atoms with Gasteiger partial charge >= 0.3 is 0 Å². The molecule has 1 atom stereocenters. The lowest BCUT2D eigenvalue weighted by Crippen LogP contribution is -2.16. The first kappa shape index (κ1) is 16.9. The lowest BCUT2D eigenvalue weighted by atomic mass is 9.91. The molecule has 2 aromatic rings. The summed E-state index contributed by atoms with van der Waals surface area (Å²) in [6.45, 7) is 0.474. The van der Waals surface area contributed by atoms with E-state index in [9.17, 15) is 0 Å². The van der Waals surface area contributed by atoms with Gasteiger partial charge in [0.1, 0.15) is 0 Å². The normalized spacial score (nSPS) is 12.0. The molecule has 0 radical (unpaired) electrons. The van der Waals surface area contributed by atoms with E-state index >= 15 is 0 Å². The van der Waals surface area contributed by atoms with Crippen molar-refractivity contribution in [2.24, 2.45) is 5.73 Å². The highest BCUT2D eigenvalue weighted by Crippen LogP contribution is 2.37. The Morgan fingerprint density at radius 1 is 1.09 bits per heavy atom. The molecule has 1 unspecified atom stereocenters. The number of benzene rings is 2. The van der Waals surface area contributed by atoms with Gasteiger partial charge in [-0.25, -0.2) is 0 Å². The lowest BCUT2D eigenvalue weighted by molar-refractivity contribution is 0.351. The number of rotatable bonds is 6. The van der Waals surface area contributed by atoms with Gasteiger partial charge in [0.25, 0.3) is 0 Å². The lowest BCUT2D eigenvalue weighted by Gasteiger charge is -2.20. The highest BCUT2D eigenvalue weighted by molar-refractivity contribution is 6.31. The summed E-state index contributed by atoms with van der Waals surface area (Å²) in [5.41, 5.74) is 7.93. The summed E-state index contributed by atoms with van der Waals surface area (Å²) in [6.07, 6.45) is 0.667. The molecule has 22 heavy (non-hydrogen) atoms. The van der Waals surface area contributed by atoms with Crippen LogP contribution in [-0.4, -0.2) is 20.8 Å². The number of nitrogens with two attached hydrogens (primary N) is 1. The van der Waals surface area contributed by atoms with E-state index in [0.29, 0.717) is 34.5 Å². The van der Waals surface area contributed by atoms with Crippen LogP contribution in [0.1, 0.15) is 17.0 Å². The Hall–Kier alpha value is -1.42. The van der Waals surface area contributed by atoms with Gasteiger partial charge in [-0.05, 0) is 30.7 Å². The molecule has 0 aliphatic rings. The van der Waals surface area contributed by atoms with Crippen LogP contribution in [-0.2, 0) is 6.42 Å². The second-order valence-corrected chi connectivity index (χ2v) is 5.80. The van der Waals surface area contributed by atoms with E-state index in [0.717, 1.165) is 11.1 Å². The minimum Gasteiger partial charge on any atom is -0.493 e. The monoisotopic (exact) mass is 339 g/mol. The van der Waals surface area contributed by atoms with Crippen molar-refractivity contribution >= 4 is 23.2 Å². The Morgan fingerprint density at radius 2 is 1.82 bits per heavy atom. The number of hydrogen-bond donors (Lipinski definition) is 1. The van der Waals surface area contributed by atoms with Crippen LogP contribution in [0.3, 0.4) is 0 Å². The third-order valence-electron chi connectivity index (χ3n) is 3.62. The molecule has 0 aliphatic heterocycles. The standard InChI is InChI=1S/C17H19Cl2NO2/c1-21-16-9-13(18)8-11(17(16)22-2)7-12(10-20)14-5-3-4-6-15(14)19/h3-6,8-9,12H,7,10,20H2,1-2H3. The summed E-state index contributed by atoms with van der Waals surface area (Å²) in [7, 11) is 3.20. The highest BCUT2D eigenvalue weighted by atomic mass is 35.5. The molecular formula is C17H19Cl2NO2. The van der Waals surface area contributed by atoms with E-state index in [1.807, 2.05) is 30.3 Å². The first-order valence-corrected chi connectivity index (χ1v) is 7.71. The minimum atomic E-state index is 0.0748. The van der Waals surface area contributed by atoms with E-state index in [-0.39, 0.29) is 5.92 Å². The van der Waals surface area contributed by atoms with Crippen molar-refractivity contribution in [3.63, 3.8) is 0 Å². The molecule has 3 nitrogen and oxygen atoms in total. The average molecular weight is 340 g/mol. The summed E-state index contributed by atoms with van der Waals surface area (Å²) in [6, 6.07) is 11.3. The van der Waals surface area contributed by atoms with Gasteiger partial charge in [0, 0.05) is 27.6 Å². The van der Waals surface area contributed by atoms with Gasteiger partial charge in [-0.3, -0.25) is 0 Å². The Kier molecular flexibility index (Phi) is 5.95. The van der Waals surface area contributed by atoms with E-state index in [1.54, 1.807) is 20.3 Å². The highest BCUT2D eigenvalue weighted by Gasteiger charge is 2.19. The molecule has 0 aromatic heterocycles. The van der Waals surface area contributed by atoms with Gasteiger partial charge in [0.15, 0.2) is 11.5 Å². The summed E-state index contributed by atoms with van der Waals surface area (Å²) < 4.78 is 10.8. The van der Waals surface area contributed by atoms with Crippen LogP contribution >= 0.6 is 23.2 Å². The van der Waals surface area contributed by atoms with Gasteiger partial charge in [0.2, 0.25) is 0 Å². The fourth-order valence-corrected chi connectivity index (χ4v) is 3.07. The van der Waals surface area contributed by atoms with Crippen molar-refractivity contribution in [3.8, 4) is 11.5 Å². The molecule has 0 saturated heterocycles. The molecule has 2 N–H and O–H groups in total. The maximum Gasteiger partial charge on any atom is 0.164 e. The predicted octanol–water partition coefficient (Wildman–Crippen LogP) is 4.30. The smallest absolute Gasteiger partial charge is 0.164 e. The number of methoxy groups -OCH3 is 2. The summed E-state index contributed by atoms with van der Waals surface area (Å²) in [5, 5.41) is 1.31. The predicted molar refractivity (Wildman–Crippen MR) is 91.5 cm³/mol. The van der Waals surface area contributed by atoms with Crippen molar-refractivity contribution in [2.75, 3.05) is 20.8 Å². The van der Waals surface area contributed by atoms with E-state index < -0.39 is 0 Å². The first-order valence-electron chi connectivity index (χ1n) is 6.95. The van der Waals surface area contributed by atoms with Crippen molar-refractivity contribution < 1.29 is 9.47 Å². The molecule has 0 bridgehead atoms. The fourth-order valence-electron chi connectivity index (χ4n) is 2.55. The molecule has 0 fully saturated rings. The van der Waals surface area contributed by atoms with Gasteiger partial charge in [-0.2, -0.15) is 0 Å². The third kappa shape index (κ3) is 3.67. The number of ether oxygens (including phenoxy) is 2. The molecule has 0 heterocycles. The second-order valence-electron chi connectivity index (χ2n) is 4.96. The van der Waals surface area contributed by atoms with E-state index in [4.69, 9.17) is 38.4 Å². The van der Waals surface area contributed by atoms with Gasteiger partial charge in [0.05, 0.1) is 14.2 Å². The van der Waals surface area contributed by atoms with Gasteiger partial charge < -0.3 is 15.2 Å². The topological polar surface area (TPSA) is 44.5 Å². The molecule has 0 amide bonds. The molecule has 118 valence electrons.